The summed E-state index contributed by atoms with van der Waals surface area (Å²) in [6, 6.07) is 10.5. The number of aromatic nitrogens is 1. The van der Waals surface area contributed by atoms with E-state index in [0.29, 0.717) is 6.61 Å². The van der Waals surface area contributed by atoms with E-state index in [2.05, 4.69) is 36.1 Å². The summed E-state index contributed by atoms with van der Waals surface area (Å²) in [4.78, 5) is 6.81. The van der Waals surface area contributed by atoms with Gasteiger partial charge in [-0.05, 0) is 51.0 Å². The van der Waals surface area contributed by atoms with Gasteiger partial charge in [0.2, 0.25) is 5.88 Å². The molecule has 1 aromatic carbocycles. The van der Waals surface area contributed by atoms with E-state index < -0.39 is 0 Å². The summed E-state index contributed by atoms with van der Waals surface area (Å²) < 4.78 is 5.90. The second-order valence-electron chi connectivity index (χ2n) is 5.80. The maximum Gasteiger partial charge on any atom is 0.221 e. The van der Waals surface area contributed by atoms with Gasteiger partial charge in [0, 0.05) is 17.6 Å². The van der Waals surface area contributed by atoms with E-state index in [1.807, 2.05) is 27.1 Å². The zero-order valence-corrected chi connectivity index (χ0v) is 15.0. The predicted molar refractivity (Wildman–Crippen MR) is 99.1 cm³/mol. The van der Waals surface area contributed by atoms with Gasteiger partial charge >= 0.3 is 0 Å². The van der Waals surface area contributed by atoms with Crippen molar-refractivity contribution < 1.29 is 4.74 Å². The molecule has 0 saturated carbocycles. The van der Waals surface area contributed by atoms with E-state index in [4.69, 9.17) is 15.5 Å². The minimum absolute atomic E-state index is 0.668. The molecular weight excluding hydrogens is 286 g/mol. The van der Waals surface area contributed by atoms with E-state index in [1.54, 1.807) is 0 Å². The molecule has 0 radical (unpaired) electrons. The van der Waals surface area contributed by atoms with Crippen LogP contribution in [0.5, 0.6) is 5.88 Å². The highest BCUT2D eigenvalue weighted by Gasteiger charge is 2.07. The van der Waals surface area contributed by atoms with Crippen LogP contribution in [0.1, 0.15) is 32.4 Å². The number of aryl methyl sites for hydroxylation is 1. The Morgan fingerprint density at radius 3 is 2.52 bits per heavy atom. The Hall–Kier alpha value is -1.65. The SMILES string of the molecule is CCCCc1cc2ccccc2c(OCCN(C)C)n1.CCN. The Morgan fingerprint density at radius 1 is 1.17 bits per heavy atom. The van der Waals surface area contributed by atoms with Crippen LogP contribution >= 0.6 is 0 Å². The summed E-state index contributed by atoms with van der Waals surface area (Å²) in [6.07, 6.45) is 3.37. The number of pyridine rings is 1. The Bertz CT molecular complexity index is 570. The van der Waals surface area contributed by atoms with Crippen molar-refractivity contribution in [3.05, 3.63) is 36.0 Å². The van der Waals surface area contributed by atoms with Crippen LogP contribution in [-0.4, -0.2) is 43.7 Å². The summed E-state index contributed by atoms with van der Waals surface area (Å²) >= 11 is 0. The third-order valence-corrected chi connectivity index (χ3v) is 3.32. The first-order valence-corrected chi connectivity index (χ1v) is 8.48. The van der Waals surface area contributed by atoms with Crippen LogP contribution in [0.2, 0.25) is 0 Å². The number of hydrogen-bond acceptors (Lipinski definition) is 4. The first-order valence-electron chi connectivity index (χ1n) is 8.48. The van der Waals surface area contributed by atoms with Crippen LogP contribution in [0.4, 0.5) is 0 Å². The highest BCUT2D eigenvalue weighted by atomic mass is 16.5. The fourth-order valence-corrected chi connectivity index (χ4v) is 2.14. The lowest BCUT2D eigenvalue weighted by atomic mass is 10.1. The third-order valence-electron chi connectivity index (χ3n) is 3.32. The van der Waals surface area contributed by atoms with Gasteiger partial charge in [0.15, 0.2) is 0 Å². The number of unbranched alkanes of at least 4 members (excludes halogenated alkanes) is 1. The molecule has 0 aliphatic heterocycles. The number of nitrogens with two attached hydrogens (primary N) is 1. The monoisotopic (exact) mass is 317 g/mol. The molecule has 0 aliphatic carbocycles. The van der Waals surface area contributed by atoms with Gasteiger partial charge in [0.05, 0.1) is 0 Å². The highest BCUT2D eigenvalue weighted by Crippen LogP contribution is 2.25. The standard InChI is InChI=1S/C17H24N2O.C2H7N/c1-4-5-9-15-13-14-8-6-7-10-16(14)17(18-15)20-12-11-19(2)3;1-2-3/h6-8,10,13H,4-5,9,11-12H2,1-3H3;2-3H2,1H3. The maximum atomic E-state index is 5.90. The van der Waals surface area contributed by atoms with Crippen molar-refractivity contribution in [2.24, 2.45) is 5.73 Å². The van der Waals surface area contributed by atoms with Crippen molar-refractivity contribution in [2.45, 2.75) is 33.1 Å². The van der Waals surface area contributed by atoms with E-state index in [1.165, 1.54) is 18.2 Å². The Labute approximate surface area is 140 Å². The minimum atomic E-state index is 0.668. The third kappa shape index (κ3) is 6.97. The van der Waals surface area contributed by atoms with Crippen LogP contribution in [0, 0.1) is 0 Å². The van der Waals surface area contributed by atoms with Crippen LogP contribution in [0.15, 0.2) is 30.3 Å². The number of nitrogens with zero attached hydrogens (tertiary/aromatic N) is 2. The van der Waals surface area contributed by atoms with Crippen LogP contribution in [-0.2, 0) is 6.42 Å². The van der Waals surface area contributed by atoms with Crippen LogP contribution in [0.3, 0.4) is 0 Å². The molecule has 4 nitrogen and oxygen atoms in total. The normalized spacial score (nSPS) is 10.5. The molecule has 0 saturated heterocycles. The van der Waals surface area contributed by atoms with E-state index in [9.17, 15) is 0 Å². The van der Waals surface area contributed by atoms with Crippen molar-refractivity contribution in [3.8, 4) is 5.88 Å². The zero-order valence-electron chi connectivity index (χ0n) is 15.0. The molecule has 0 unspecified atom stereocenters. The Morgan fingerprint density at radius 2 is 1.87 bits per heavy atom. The van der Waals surface area contributed by atoms with Gasteiger partial charge in [-0.25, -0.2) is 4.98 Å². The Balaban J connectivity index is 0.000000816. The molecular formula is C19H31N3O. The molecule has 4 heteroatoms. The quantitative estimate of drug-likeness (QED) is 0.849. The van der Waals surface area contributed by atoms with Crippen molar-refractivity contribution in [1.29, 1.82) is 0 Å². The van der Waals surface area contributed by atoms with Crippen molar-refractivity contribution >= 4 is 10.8 Å². The van der Waals surface area contributed by atoms with Gasteiger partial charge in [0.1, 0.15) is 6.61 Å². The molecule has 2 aromatic rings. The average molecular weight is 317 g/mol. The molecule has 1 heterocycles. The first-order chi connectivity index (χ1) is 11.1. The van der Waals surface area contributed by atoms with Gasteiger partial charge in [-0.2, -0.15) is 0 Å². The first kappa shape index (κ1) is 19.4. The molecule has 0 amide bonds. The van der Waals surface area contributed by atoms with Gasteiger partial charge in [-0.3, -0.25) is 0 Å². The fourth-order valence-electron chi connectivity index (χ4n) is 2.14. The molecule has 0 aliphatic rings. The minimum Gasteiger partial charge on any atom is -0.476 e. The van der Waals surface area contributed by atoms with Gasteiger partial charge in [0.25, 0.3) is 0 Å². The number of likely N-dealkylation sites (N-methyl/N-ethyl adjacent to an activating group) is 1. The van der Waals surface area contributed by atoms with Gasteiger partial charge in [-0.1, -0.05) is 38.5 Å². The predicted octanol–water partition coefficient (Wildman–Crippen LogP) is 3.48. The smallest absolute Gasteiger partial charge is 0.221 e. The number of rotatable bonds is 7. The molecule has 1 aromatic heterocycles. The van der Waals surface area contributed by atoms with E-state index in [-0.39, 0.29) is 0 Å². The molecule has 2 N–H and O–H groups in total. The lowest BCUT2D eigenvalue weighted by Crippen LogP contribution is -2.19. The van der Waals surface area contributed by atoms with E-state index >= 15 is 0 Å². The molecule has 0 fully saturated rings. The molecule has 0 spiro atoms. The highest BCUT2D eigenvalue weighted by molar-refractivity contribution is 5.87. The summed E-state index contributed by atoms with van der Waals surface area (Å²) in [5.74, 6) is 0.774. The molecule has 2 rings (SSSR count). The number of ether oxygens (including phenoxy) is 1. The maximum absolute atomic E-state index is 5.90. The van der Waals surface area contributed by atoms with Crippen molar-refractivity contribution in [1.82, 2.24) is 9.88 Å². The second-order valence-corrected chi connectivity index (χ2v) is 5.80. The van der Waals surface area contributed by atoms with Crippen LogP contribution in [0.25, 0.3) is 10.8 Å². The lowest BCUT2D eigenvalue weighted by molar-refractivity contribution is 0.256. The molecule has 0 bridgehead atoms. The topological polar surface area (TPSA) is 51.4 Å². The summed E-state index contributed by atoms with van der Waals surface area (Å²) in [5, 5.41) is 2.32. The van der Waals surface area contributed by atoms with Gasteiger partial charge < -0.3 is 15.4 Å². The summed E-state index contributed by atoms with van der Waals surface area (Å²) in [7, 11) is 4.10. The Kier molecular flexibility index (Phi) is 9.25. The summed E-state index contributed by atoms with van der Waals surface area (Å²) in [5.41, 5.74) is 5.98. The molecule has 23 heavy (non-hydrogen) atoms. The van der Waals surface area contributed by atoms with E-state index in [0.717, 1.165) is 36.5 Å². The number of hydrogen-bond donors (Lipinski definition) is 1. The molecule has 0 atom stereocenters. The lowest BCUT2D eigenvalue weighted by Gasteiger charge is -2.13. The second kappa shape index (κ2) is 11.0. The number of fused-ring (bicyclic) bond motifs is 1. The molecule has 128 valence electrons. The largest absolute Gasteiger partial charge is 0.476 e. The average Bonchev–Trinajstić information content (AvgIpc) is 2.53. The van der Waals surface area contributed by atoms with Gasteiger partial charge in [-0.15, -0.1) is 0 Å². The zero-order chi connectivity index (χ0) is 17.1. The van der Waals surface area contributed by atoms with Crippen molar-refractivity contribution in [2.75, 3.05) is 33.8 Å². The number of benzene rings is 1. The van der Waals surface area contributed by atoms with Crippen molar-refractivity contribution in [3.63, 3.8) is 0 Å². The fraction of sp³-hybridized carbons (Fsp3) is 0.526. The van der Waals surface area contributed by atoms with Crippen LogP contribution < -0.4 is 10.5 Å². The summed E-state index contributed by atoms with van der Waals surface area (Å²) in [6.45, 7) is 6.42.